The van der Waals surface area contributed by atoms with Crippen LogP contribution in [0.4, 0.5) is 0 Å². The highest BCUT2D eigenvalue weighted by atomic mass is 16.5. The highest BCUT2D eigenvalue weighted by Crippen LogP contribution is 2.10. The Labute approximate surface area is 124 Å². The van der Waals surface area contributed by atoms with Crippen molar-refractivity contribution in [2.75, 3.05) is 39.8 Å². The first-order valence-electron chi connectivity index (χ1n) is 8.33. The second kappa shape index (κ2) is 12.2. The number of carbonyl (C=O) groups is 1. The van der Waals surface area contributed by atoms with Gasteiger partial charge >= 0.3 is 5.97 Å². The number of nitrogens with one attached hydrogen (secondary N) is 1. The van der Waals surface area contributed by atoms with Crippen molar-refractivity contribution in [2.45, 2.75) is 57.8 Å². The molecular formula is C16H32N2O2. The van der Waals surface area contributed by atoms with Crippen molar-refractivity contribution in [1.82, 2.24) is 10.2 Å². The van der Waals surface area contributed by atoms with Gasteiger partial charge in [0.1, 0.15) is 0 Å². The molecule has 0 aromatic heterocycles. The molecule has 4 nitrogen and oxygen atoms in total. The van der Waals surface area contributed by atoms with Crippen LogP contribution in [0.5, 0.6) is 0 Å². The average molecular weight is 284 g/mol. The molecule has 1 aliphatic heterocycles. The summed E-state index contributed by atoms with van der Waals surface area (Å²) < 4.78 is 4.63. The molecule has 0 amide bonds. The molecule has 1 saturated heterocycles. The summed E-state index contributed by atoms with van der Waals surface area (Å²) in [5.41, 5.74) is 0. The summed E-state index contributed by atoms with van der Waals surface area (Å²) in [7, 11) is 1.46. The van der Waals surface area contributed by atoms with E-state index in [9.17, 15) is 4.79 Å². The van der Waals surface area contributed by atoms with Crippen molar-refractivity contribution in [3.8, 4) is 0 Å². The lowest BCUT2D eigenvalue weighted by Gasteiger charge is -2.27. The van der Waals surface area contributed by atoms with Gasteiger partial charge in [-0.1, -0.05) is 38.5 Å². The minimum Gasteiger partial charge on any atom is -0.469 e. The third kappa shape index (κ3) is 9.32. The normalized spacial score (nSPS) is 16.2. The third-order valence-corrected chi connectivity index (χ3v) is 4.04. The fraction of sp³-hybridized carbons (Fsp3) is 0.938. The highest BCUT2D eigenvalue weighted by molar-refractivity contribution is 5.68. The molecule has 118 valence electrons. The van der Waals surface area contributed by atoms with Crippen LogP contribution in [0.15, 0.2) is 0 Å². The zero-order valence-corrected chi connectivity index (χ0v) is 13.2. The lowest BCUT2D eigenvalue weighted by atomic mass is 10.1. The van der Waals surface area contributed by atoms with Crippen molar-refractivity contribution >= 4 is 5.97 Å². The highest BCUT2D eigenvalue weighted by Gasteiger charge is 2.07. The SMILES string of the molecule is COC(=O)CCCCCCCCCCN1CCNCC1. The van der Waals surface area contributed by atoms with Crippen molar-refractivity contribution < 1.29 is 9.53 Å². The van der Waals surface area contributed by atoms with Gasteiger partial charge in [-0.2, -0.15) is 0 Å². The second-order valence-electron chi connectivity index (χ2n) is 5.75. The van der Waals surface area contributed by atoms with Crippen LogP contribution < -0.4 is 5.32 Å². The van der Waals surface area contributed by atoms with Gasteiger partial charge in [-0.15, -0.1) is 0 Å². The molecule has 0 aliphatic carbocycles. The first kappa shape index (κ1) is 17.4. The van der Waals surface area contributed by atoms with E-state index in [-0.39, 0.29) is 5.97 Å². The summed E-state index contributed by atoms with van der Waals surface area (Å²) in [4.78, 5) is 13.5. The summed E-state index contributed by atoms with van der Waals surface area (Å²) in [6.45, 7) is 6.04. The average Bonchev–Trinajstić information content (AvgIpc) is 2.50. The van der Waals surface area contributed by atoms with Crippen molar-refractivity contribution in [2.24, 2.45) is 0 Å². The lowest BCUT2D eigenvalue weighted by molar-refractivity contribution is -0.140. The molecule has 1 heterocycles. The van der Waals surface area contributed by atoms with Crippen LogP contribution in [0.3, 0.4) is 0 Å². The Kier molecular flexibility index (Phi) is 10.6. The standard InChI is InChI=1S/C16H32N2O2/c1-20-16(19)10-8-6-4-2-3-5-7-9-13-18-14-11-17-12-15-18/h17H,2-15H2,1H3. The summed E-state index contributed by atoms with van der Waals surface area (Å²) in [5, 5.41) is 3.39. The van der Waals surface area contributed by atoms with Gasteiger partial charge in [0.2, 0.25) is 0 Å². The second-order valence-corrected chi connectivity index (χ2v) is 5.75. The Balaban J connectivity index is 1.75. The summed E-state index contributed by atoms with van der Waals surface area (Å²) in [6, 6.07) is 0. The molecule has 0 saturated carbocycles. The molecule has 0 spiro atoms. The number of rotatable bonds is 11. The molecule has 0 aromatic rings. The smallest absolute Gasteiger partial charge is 0.305 e. The topological polar surface area (TPSA) is 41.6 Å². The van der Waals surface area contributed by atoms with Crippen molar-refractivity contribution in [3.63, 3.8) is 0 Å². The molecule has 1 rings (SSSR count). The van der Waals surface area contributed by atoms with Crippen LogP contribution in [0.25, 0.3) is 0 Å². The monoisotopic (exact) mass is 284 g/mol. The Bertz CT molecular complexity index is 241. The van der Waals surface area contributed by atoms with Crippen LogP contribution in [0, 0.1) is 0 Å². The van der Waals surface area contributed by atoms with Gasteiger partial charge in [0.05, 0.1) is 7.11 Å². The predicted molar refractivity (Wildman–Crippen MR) is 82.9 cm³/mol. The molecule has 0 radical (unpaired) electrons. The largest absolute Gasteiger partial charge is 0.469 e. The molecule has 0 bridgehead atoms. The fourth-order valence-corrected chi connectivity index (χ4v) is 2.70. The first-order chi connectivity index (χ1) is 9.83. The molecule has 0 atom stereocenters. The zero-order valence-electron chi connectivity index (χ0n) is 13.2. The molecule has 0 unspecified atom stereocenters. The molecular weight excluding hydrogens is 252 g/mol. The number of unbranched alkanes of at least 4 members (excludes halogenated alkanes) is 7. The Hall–Kier alpha value is -0.610. The quantitative estimate of drug-likeness (QED) is 0.468. The van der Waals surface area contributed by atoms with Gasteiger partial charge in [0.25, 0.3) is 0 Å². The number of hydrogen-bond acceptors (Lipinski definition) is 4. The number of esters is 1. The zero-order chi connectivity index (χ0) is 14.5. The minimum atomic E-state index is -0.0714. The molecule has 1 aliphatic rings. The Morgan fingerprint density at radius 3 is 2.10 bits per heavy atom. The maximum Gasteiger partial charge on any atom is 0.305 e. The fourth-order valence-electron chi connectivity index (χ4n) is 2.70. The Morgan fingerprint density at radius 1 is 0.950 bits per heavy atom. The molecule has 1 fully saturated rings. The summed E-state index contributed by atoms with van der Waals surface area (Å²) in [5.74, 6) is -0.0714. The maximum atomic E-state index is 10.9. The van der Waals surface area contributed by atoms with Gasteiger partial charge in [-0.3, -0.25) is 4.79 Å². The van der Waals surface area contributed by atoms with Crippen LogP contribution in [-0.2, 0) is 9.53 Å². The predicted octanol–water partition coefficient (Wildman–Crippen LogP) is 2.58. The summed E-state index contributed by atoms with van der Waals surface area (Å²) in [6.07, 6.45) is 10.7. The van der Waals surface area contributed by atoms with E-state index >= 15 is 0 Å². The number of hydrogen-bond donors (Lipinski definition) is 1. The van der Waals surface area contributed by atoms with Gasteiger partial charge in [-0.05, 0) is 19.4 Å². The molecule has 4 heteroatoms. The number of nitrogens with zero attached hydrogens (tertiary/aromatic N) is 1. The van der Waals surface area contributed by atoms with Crippen LogP contribution in [-0.4, -0.2) is 50.7 Å². The molecule has 20 heavy (non-hydrogen) atoms. The number of carbonyl (C=O) groups excluding carboxylic acids is 1. The molecule has 0 aromatic carbocycles. The number of ether oxygens (including phenoxy) is 1. The third-order valence-electron chi connectivity index (χ3n) is 4.04. The first-order valence-corrected chi connectivity index (χ1v) is 8.33. The van der Waals surface area contributed by atoms with E-state index in [2.05, 4.69) is 15.0 Å². The van der Waals surface area contributed by atoms with Gasteiger partial charge in [0.15, 0.2) is 0 Å². The minimum absolute atomic E-state index is 0.0714. The van der Waals surface area contributed by atoms with Gasteiger partial charge < -0.3 is 15.0 Å². The van der Waals surface area contributed by atoms with Gasteiger partial charge in [-0.25, -0.2) is 0 Å². The van der Waals surface area contributed by atoms with E-state index in [1.165, 1.54) is 65.3 Å². The van der Waals surface area contributed by atoms with E-state index in [4.69, 9.17) is 0 Å². The van der Waals surface area contributed by atoms with Crippen molar-refractivity contribution in [1.29, 1.82) is 0 Å². The molecule has 1 N–H and O–H groups in total. The van der Waals surface area contributed by atoms with Gasteiger partial charge in [0, 0.05) is 32.6 Å². The van der Waals surface area contributed by atoms with E-state index < -0.39 is 0 Å². The van der Waals surface area contributed by atoms with E-state index in [1.807, 2.05) is 0 Å². The number of piperazine rings is 1. The van der Waals surface area contributed by atoms with E-state index in [0.29, 0.717) is 6.42 Å². The maximum absolute atomic E-state index is 10.9. The van der Waals surface area contributed by atoms with Crippen LogP contribution in [0.2, 0.25) is 0 Å². The lowest BCUT2D eigenvalue weighted by Crippen LogP contribution is -2.43. The van der Waals surface area contributed by atoms with E-state index in [1.54, 1.807) is 0 Å². The van der Waals surface area contributed by atoms with Crippen molar-refractivity contribution in [3.05, 3.63) is 0 Å². The van der Waals surface area contributed by atoms with Crippen LogP contribution in [0.1, 0.15) is 57.8 Å². The number of methoxy groups -OCH3 is 1. The summed E-state index contributed by atoms with van der Waals surface area (Å²) >= 11 is 0. The van der Waals surface area contributed by atoms with Crippen LogP contribution >= 0.6 is 0 Å². The van der Waals surface area contributed by atoms with E-state index in [0.717, 1.165) is 25.9 Å². The Morgan fingerprint density at radius 2 is 1.50 bits per heavy atom.